The molecule has 1 aliphatic carbocycles. The van der Waals surface area contributed by atoms with Crippen LogP contribution in [0.5, 0.6) is 0 Å². The summed E-state index contributed by atoms with van der Waals surface area (Å²) in [7, 11) is 0. The number of aromatic nitrogens is 3. The lowest BCUT2D eigenvalue weighted by atomic mass is 9.94. The van der Waals surface area contributed by atoms with E-state index in [-0.39, 0.29) is 24.1 Å². The van der Waals surface area contributed by atoms with Crippen molar-refractivity contribution in [1.82, 2.24) is 14.6 Å². The summed E-state index contributed by atoms with van der Waals surface area (Å²) < 4.78 is 18.4. The lowest BCUT2D eigenvalue weighted by Crippen LogP contribution is -2.40. The van der Waals surface area contributed by atoms with Gasteiger partial charge in [0.1, 0.15) is 42.3 Å². The molecule has 3 atom stereocenters. The zero-order valence-electron chi connectivity index (χ0n) is 22.2. The van der Waals surface area contributed by atoms with Crippen molar-refractivity contribution >= 4 is 23.2 Å². The van der Waals surface area contributed by atoms with Gasteiger partial charge in [0.15, 0.2) is 5.82 Å². The molecule has 0 bridgehead atoms. The Labute approximate surface area is 222 Å². The van der Waals surface area contributed by atoms with Crippen LogP contribution in [0.3, 0.4) is 0 Å². The molecule has 2 aliphatic rings. The molecule has 1 aliphatic heterocycles. The Balaban J connectivity index is 1.47. The number of nitriles is 1. The number of ether oxygens (including phenoxy) is 3. The highest BCUT2D eigenvalue weighted by Crippen LogP contribution is 2.40. The van der Waals surface area contributed by atoms with E-state index in [4.69, 9.17) is 14.2 Å². The van der Waals surface area contributed by atoms with Crippen LogP contribution < -0.4 is 5.32 Å². The van der Waals surface area contributed by atoms with Gasteiger partial charge in [-0.1, -0.05) is 25.7 Å². The highest BCUT2D eigenvalue weighted by molar-refractivity contribution is 5.98. The standard InChI is InChI=1S/C27H36N5O6/c1-4-37-26(2,3)25(35)31-24-20-11-12-21(32(20)30-17-29-24)27(16-28)22(33)14-19(38-27)15-36-23(34)13-18-9-7-5-6-8-10-18/h11-12,14,17-19,22,33H,4-10,13,15H2,1-3H3,(H,29,30,31,35)/t19-,22-,27+/m1/s1. The van der Waals surface area contributed by atoms with Crippen molar-refractivity contribution in [3.63, 3.8) is 0 Å². The number of nitrogens with zero attached hydrogens (tertiary/aromatic N) is 4. The van der Waals surface area contributed by atoms with E-state index in [0.29, 0.717) is 24.5 Å². The number of hydrogen-bond donors (Lipinski definition) is 2. The fourth-order valence-corrected chi connectivity index (χ4v) is 5.17. The van der Waals surface area contributed by atoms with E-state index < -0.39 is 29.3 Å². The molecule has 205 valence electrons. The van der Waals surface area contributed by atoms with E-state index in [0.717, 1.165) is 25.7 Å². The molecule has 1 radical (unpaired) electrons. The summed E-state index contributed by atoms with van der Waals surface area (Å²) in [5.41, 5.74) is -2.20. The van der Waals surface area contributed by atoms with E-state index >= 15 is 0 Å². The zero-order chi connectivity index (χ0) is 27.3. The van der Waals surface area contributed by atoms with E-state index in [1.807, 2.05) is 0 Å². The number of carbonyl (C=O) groups excluding carboxylic acids is 2. The fourth-order valence-electron chi connectivity index (χ4n) is 5.17. The quantitative estimate of drug-likeness (QED) is 0.371. The number of esters is 1. The minimum Gasteiger partial charge on any atom is -0.463 e. The number of aliphatic hydroxyl groups is 1. The van der Waals surface area contributed by atoms with Crippen molar-refractivity contribution in [2.24, 2.45) is 5.92 Å². The molecule has 2 aromatic rings. The summed E-state index contributed by atoms with van der Waals surface area (Å²) >= 11 is 0. The zero-order valence-corrected chi connectivity index (χ0v) is 22.2. The monoisotopic (exact) mass is 526 g/mol. The first-order valence-electron chi connectivity index (χ1n) is 13.3. The van der Waals surface area contributed by atoms with Crippen LogP contribution >= 0.6 is 0 Å². The molecule has 0 aromatic carbocycles. The van der Waals surface area contributed by atoms with Gasteiger partial charge < -0.3 is 24.6 Å². The Morgan fingerprint density at radius 3 is 2.71 bits per heavy atom. The summed E-state index contributed by atoms with van der Waals surface area (Å²) in [6, 6.07) is 5.30. The molecule has 0 unspecified atom stereocenters. The summed E-state index contributed by atoms with van der Waals surface area (Å²) in [6.45, 7) is 5.37. The summed E-state index contributed by atoms with van der Waals surface area (Å²) in [5.74, 6) is -0.136. The van der Waals surface area contributed by atoms with Gasteiger partial charge in [-0.2, -0.15) is 10.4 Å². The van der Waals surface area contributed by atoms with Crippen LogP contribution in [0.1, 0.15) is 71.4 Å². The normalized spacial score (nSPS) is 24.6. The average Bonchev–Trinajstić information content (AvgIpc) is 3.36. The van der Waals surface area contributed by atoms with Crippen molar-refractivity contribution in [3.05, 3.63) is 30.6 Å². The minimum atomic E-state index is -1.79. The Morgan fingerprint density at radius 1 is 1.29 bits per heavy atom. The number of aliphatic hydroxyl groups excluding tert-OH is 1. The maximum atomic E-state index is 12.7. The number of anilines is 1. The second-order valence-electron chi connectivity index (χ2n) is 10.4. The number of rotatable bonds is 9. The molecule has 2 fully saturated rings. The summed E-state index contributed by atoms with van der Waals surface area (Å²) in [5, 5.41) is 28.0. The Bertz CT molecular complexity index is 1180. The predicted molar refractivity (Wildman–Crippen MR) is 137 cm³/mol. The third-order valence-corrected chi connectivity index (χ3v) is 7.27. The first kappa shape index (κ1) is 28.0. The van der Waals surface area contributed by atoms with E-state index in [1.54, 1.807) is 32.9 Å². The molecule has 1 amide bonds. The molecule has 11 nitrogen and oxygen atoms in total. The van der Waals surface area contributed by atoms with Crippen molar-refractivity contribution in [2.45, 2.75) is 89.1 Å². The largest absolute Gasteiger partial charge is 0.463 e. The summed E-state index contributed by atoms with van der Waals surface area (Å²) in [6.07, 6.45) is 7.75. The molecule has 3 heterocycles. The number of carbonyl (C=O) groups is 2. The maximum absolute atomic E-state index is 12.7. The van der Waals surface area contributed by atoms with Gasteiger partial charge in [0.25, 0.3) is 5.91 Å². The van der Waals surface area contributed by atoms with E-state index in [1.165, 1.54) is 30.1 Å². The van der Waals surface area contributed by atoms with Gasteiger partial charge in [0.2, 0.25) is 5.60 Å². The molecule has 1 saturated carbocycles. The third kappa shape index (κ3) is 5.82. The SMILES string of the molecule is CCOC(C)(C)C(=O)Nc1ncnn2c([C@]3(C#N)O[C@@H](COC(=O)CC4CCCCCC4)[CH][C@H]3O)ccc12. The van der Waals surface area contributed by atoms with Gasteiger partial charge in [0.05, 0.1) is 5.69 Å². The highest BCUT2D eigenvalue weighted by Gasteiger charge is 2.52. The van der Waals surface area contributed by atoms with Crippen LogP contribution in [0.4, 0.5) is 5.82 Å². The lowest BCUT2D eigenvalue weighted by molar-refractivity contribution is -0.150. The van der Waals surface area contributed by atoms with Crippen LogP contribution in [0.25, 0.3) is 5.52 Å². The second kappa shape index (κ2) is 11.8. The number of hydrogen-bond acceptors (Lipinski definition) is 9. The van der Waals surface area contributed by atoms with Crippen molar-refractivity contribution in [3.8, 4) is 6.07 Å². The van der Waals surface area contributed by atoms with Gasteiger partial charge in [-0.25, -0.2) is 9.50 Å². The molecule has 1 saturated heterocycles. The molecular formula is C27H36N5O6. The van der Waals surface area contributed by atoms with Crippen molar-refractivity contribution < 1.29 is 28.9 Å². The fraction of sp³-hybridized carbons (Fsp3) is 0.630. The van der Waals surface area contributed by atoms with Gasteiger partial charge in [-0.3, -0.25) is 9.59 Å². The van der Waals surface area contributed by atoms with Gasteiger partial charge in [-0.15, -0.1) is 0 Å². The Kier molecular flexibility index (Phi) is 8.65. The molecule has 2 aromatic heterocycles. The van der Waals surface area contributed by atoms with Crippen LogP contribution in [0.2, 0.25) is 0 Å². The highest BCUT2D eigenvalue weighted by atomic mass is 16.6. The number of nitrogens with one attached hydrogen (secondary N) is 1. The molecule has 38 heavy (non-hydrogen) atoms. The minimum absolute atomic E-state index is 0.0991. The second-order valence-corrected chi connectivity index (χ2v) is 10.4. The van der Waals surface area contributed by atoms with Crippen LogP contribution in [0, 0.1) is 23.7 Å². The van der Waals surface area contributed by atoms with Crippen LogP contribution in [0.15, 0.2) is 18.5 Å². The predicted octanol–water partition coefficient (Wildman–Crippen LogP) is 3.07. The van der Waals surface area contributed by atoms with Crippen molar-refractivity contribution in [2.75, 3.05) is 18.5 Å². The van der Waals surface area contributed by atoms with Gasteiger partial charge in [-0.05, 0) is 51.7 Å². The van der Waals surface area contributed by atoms with E-state index in [9.17, 15) is 20.0 Å². The van der Waals surface area contributed by atoms with Crippen molar-refractivity contribution in [1.29, 1.82) is 5.26 Å². The number of amides is 1. The first-order valence-corrected chi connectivity index (χ1v) is 13.3. The number of fused-ring (bicyclic) bond motifs is 1. The first-order chi connectivity index (χ1) is 18.2. The molecule has 11 heteroatoms. The molecular weight excluding hydrogens is 490 g/mol. The van der Waals surface area contributed by atoms with E-state index in [2.05, 4.69) is 21.5 Å². The lowest BCUT2D eigenvalue weighted by Gasteiger charge is -2.25. The van der Waals surface area contributed by atoms with Gasteiger partial charge >= 0.3 is 5.97 Å². The summed E-state index contributed by atoms with van der Waals surface area (Å²) in [4.78, 5) is 29.4. The third-order valence-electron chi connectivity index (χ3n) is 7.27. The van der Waals surface area contributed by atoms with Gasteiger partial charge in [0, 0.05) is 19.4 Å². The molecule has 2 N–H and O–H groups in total. The maximum Gasteiger partial charge on any atom is 0.306 e. The molecule has 4 rings (SSSR count). The van der Waals surface area contributed by atoms with Crippen LogP contribution in [-0.2, 0) is 29.4 Å². The van der Waals surface area contributed by atoms with Crippen LogP contribution in [-0.4, -0.2) is 62.6 Å². The smallest absolute Gasteiger partial charge is 0.306 e. The Hall–Kier alpha value is -3.07. The average molecular weight is 527 g/mol. The topological polar surface area (TPSA) is 148 Å². The Morgan fingerprint density at radius 2 is 2.03 bits per heavy atom. The molecule has 0 spiro atoms.